The third-order valence-corrected chi connectivity index (χ3v) is 4.52. The molecule has 2 unspecified atom stereocenters. The van der Waals surface area contributed by atoms with E-state index in [0.29, 0.717) is 18.5 Å². The number of aromatic nitrogens is 1. The second kappa shape index (κ2) is 6.40. The number of pyridine rings is 1. The van der Waals surface area contributed by atoms with Gasteiger partial charge in [0, 0.05) is 17.4 Å². The Labute approximate surface area is 145 Å². The summed E-state index contributed by atoms with van der Waals surface area (Å²) >= 11 is 0. The predicted molar refractivity (Wildman–Crippen MR) is 92.5 cm³/mol. The number of hydrogen-bond acceptors (Lipinski definition) is 6. The van der Waals surface area contributed by atoms with Crippen molar-refractivity contribution >= 4 is 18.1 Å². The number of carbonyl (C=O) groups excluding carboxylic acids is 1. The molecule has 1 aliphatic heterocycles. The summed E-state index contributed by atoms with van der Waals surface area (Å²) in [5.41, 5.74) is -0.756. The first-order chi connectivity index (χ1) is 11.7. The number of ether oxygens (including phenoxy) is 3. The summed E-state index contributed by atoms with van der Waals surface area (Å²) in [6.45, 7) is 7.05. The predicted octanol–water partition coefficient (Wildman–Crippen LogP) is -0.374. The number of esters is 1. The lowest BCUT2D eigenvalue weighted by atomic mass is 9.92. The fourth-order valence-corrected chi connectivity index (χ4v) is 3.14. The molecule has 0 radical (unpaired) electrons. The van der Waals surface area contributed by atoms with Crippen molar-refractivity contribution in [3.05, 3.63) is 32.6 Å². The van der Waals surface area contributed by atoms with Gasteiger partial charge in [-0.1, -0.05) is 6.08 Å². The Morgan fingerprint density at radius 2 is 2.20 bits per heavy atom. The highest BCUT2D eigenvalue weighted by molar-refractivity contribution is 5.88. The molecule has 1 aromatic heterocycles. The van der Waals surface area contributed by atoms with Crippen LogP contribution in [0.25, 0.3) is 12.2 Å². The highest BCUT2D eigenvalue weighted by Crippen LogP contribution is 2.23. The van der Waals surface area contributed by atoms with Crippen molar-refractivity contribution in [1.82, 2.24) is 10.3 Å². The summed E-state index contributed by atoms with van der Waals surface area (Å²) in [6, 6.07) is 1.58. The maximum atomic E-state index is 12.1. The normalized spacial score (nSPS) is 27.1. The van der Waals surface area contributed by atoms with E-state index in [1.165, 1.54) is 7.11 Å². The van der Waals surface area contributed by atoms with Crippen LogP contribution in [0, 0.1) is 0 Å². The first kappa shape index (κ1) is 17.8. The van der Waals surface area contributed by atoms with Crippen molar-refractivity contribution in [2.24, 2.45) is 0 Å². The molecule has 1 aliphatic carbocycles. The molecule has 25 heavy (non-hydrogen) atoms. The van der Waals surface area contributed by atoms with E-state index < -0.39 is 17.3 Å². The molecule has 1 aromatic rings. The van der Waals surface area contributed by atoms with Gasteiger partial charge in [-0.15, -0.1) is 0 Å². The van der Waals surface area contributed by atoms with Crippen LogP contribution >= 0.6 is 0 Å². The first-order valence-corrected chi connectivity index (χ1v) is 8.33. The van der Waals surface area contributed by atoms with Crippen LogP contribution in [0.4, 0.5) is 0 Å². The molecule has 0 amide bonds. The number of fused-ring (bicyclic) bond motifs is 1. The van der Waals surface area contributed by atoms with Crippen LogP contribution in [-0.2, 0) is 14.2 Å². The number of H-pyrrole nitrogens is 1. The van der Waals surface area contributed by atoms with E-state index in [1.54, 1.807) is 6.07 Å². The summed E-state index contributed by atoms with van der Waals surface area (Å²) in [5, 5.41) is 5.00. The van der Waals surface area contributed by atoms with Gasteiger partial charge in [0.1, 0.15) is 5.56 Å². The van der Waals surface area contributed by atoms with E-state index in [9.17, 15) is 9.59 Å². The topological polar surface area (TPSA) is 89.7 Å². The summed E-state index contributed by atoms with van der Waals surface area (Å²) in [6.07, 6.45) is 4.69. The zero-order chi connectivity index (χ0) is 18.2. The summed E-state index contributed by atoms with van der Waals surface area (Å²) in [5.74, 6) is -1.18. The Hall–Kier alpha value is -1.96. The van der Waals surface area contributed by atoms with Gasteiger partial charge in [0.2, 0.25) is 0 Å². The lowest BCUT2D eigenvalue weighted by molar-refractivity contribution is -0.138. The molecule has 3 rings (SSSR count). The van der Waals surface area contributed by atoms with Crippen molar-refractivity contribution in [3.63, 3.8) is 0 Å². The van der Waals surface area contributed by atoms with Crippen molar-refractivity contribution in [2.45, 2.75) is 44.6 Å². The zero-order valence-electron chi connectivity index (χ0n) is 15.0. The van der Waals surface area contributed by atoms with Gasteiger partial charge in [-0.2, -0.15) is 0 Å². The Bertz CT molecular complexity index is 857. The number of hydrogen-bond donors (Lipinski definition) is 2. The molecule has 2 atom stereocenters. The van der Waals surface area contributed by atoms with Gasteiger partial charge in [-0.25, -0.2) is 4.79 Å². The van der Waals surface area contributed by atoms with Gasteiger partial charge in [-0.3, -0.25) is 4.79 Å². The van der Waals surface area contributed by atoms with Gasteiger partial charge < -0.3 is 24.5 Å². The average Bonchev–Trinajstić information content (AvgIpc) is 2.91. The van der Waals surface area contributed by atoms with Gasteiger partial charge in [0.25, 0.3) is 5.56 Å². The standard InChI is InChI=1S/C18H24N2O5/c1-17(2)24-10-12(25-17)9-19-18(3)6-5-11-7-13(16(22)23-4)15(21)20-14(11)8-18/h5,7-8,12,19H,6,9-10H2,1-4H3,(H,20,21). The van der Waals surface area contributed by atoms with E-state index in [-0.39, 0.29) is 17.2 Å². The average molecular weight is 348 g/mol. The van der Waals surface area contributed by atoms with E-state index in [1.807, 2.05) is 26.0 Å². The molecule has 2 aliphatic rings. The fourth-order valence-electron chi connectivity index (χ4n) is 3.14. The van der Waals surface area contributed by atoms with Crippen LogP contribution in [-0.4, -0.2) is 48.6 Å². The third-order valence-electron chi connectivity index (χ3n) is 4.52. The van der Waals surface area contributed by atoms with E-state index in [4.69, 9.17) is 9.47 Å². The molecule has 0 bridgehead atoms. The molecular weight excluding hydrogens is 324 g/mol. The summed E-state index contributed by atoms with van der Waals surface area (Å²) in [4.78, 5) is 26.5. The smallest absolute Gasteiger partial charge is 0.343 e. The van der Waals surface area contributed by atoms with Gasteiger partial charge in [-0.05, 0) is 44.6 Å². The van der Waals surface area contributed by atoms with Crippen molar-refractivity contribution in [1.29, 1.82) is 0 Å². The highest BCUT2D eigenvalue weighted by atomic mass is 16.7. The van der Waals surface area contributed by atoms with Crippen LogP contribution in [0.5, 0.6) is 0 Å². The fraction of sp³-hybridized carbons (Fsp3) is 0.556. The van der Waals surface area contributed by atoms with Crippen LogP contribution in [0.2, 0.25) is 0 Å². The van der Waals surface area contributed by atoms with E-state index in [2.05, 4.69) is 22.0 Å². The van der Waals surface area contributed by atoms with Crippen LogP contribution in [0.15, 0.2) is 10.9 Å². The number of carbonyl (C=O) groups is 1. The Morgan fingerprint density at radius 1 is 1.44 bits per heavy atom. The minimum Gasteiger partial charge on any atom is -0.465 e. The SMILES string of the molecule is COC(=O)c1cc2c([nH]c1=O)=CC(C)(NCC1COC(C)(C)O1)CC=2. The summed E-state index contributed by atoms with van der Waals surface area (Å²) in [7, 11) is 1.26. The molecule has 2 N–H and O–H groups in total. The van der Waals surface area contributed by atoms with Gasteiger partial charge in [0.15, 0.2) is 5.79 Å². The Balaban J connectivity index is 1.80. The number of nitrogens with one attached hydrogen (secondary N) is 2. The van der Waals surface area contributed by atoms with Crippen LogP contribution in [0.1, 0.15) is 37.6 Å². The maximum absolute atomic E-state index is 12.1. The highest BCUT2D eigenvalue weighted by Gasteiger charge is 2.34. The summed E-state index contributed by atoms with van der Waals surface area (Å²) < 4.78 is 16.0. The third kappa shape index (κ3) is 3.84. The van der Waals surface area contributed by atoms with Gasteiger partial charge >= 0.3 is 5.97 Å². The second-order valence-electron chi connectivity index (χ2n) is 7.17. The first-order valence-electron chi connectivity index (χ1n) is 8.33. The van der Waals surface area contributed by atoms with Crippen LogP contribution < -0.4 is 21.4 Å². The maximum Gasteiger partial charge on any atom is 0.343 e. The lowest BCUT2D eigenvalue weighted by Gasteiger charge is -2.29. The quantitative estimate of drug-likeness (QED) is 0.722. The minimum atomic E-state index is -0.634. The largest absolute Gasteiger partial charge is 0.465 e. The number of rotatable bonds is 4. The number of methoxy groups -OCH3 is 1. The molecule has 0 spiro atoms. The molecule has 1 fully saturated rings. The Kier molecular flexibility index (Phi) is 4.57. The van der Waals surface area contributed by atoms with Gasteiger partial charge in [0.05, 0.1) is 19.8 Å². The molecule has 7 heteroatoms. The molecule has 1 saturated heterocycles. The number of aromatic amines is 1. The molecule has 2 heterocycles. The van der Waals surface area contributed by atoms with E-state index >= 15 is 0 Å². The monoisotopic (exact) mass is 348 g/mol. The zero-order valence-corrected chi connectivity index (χ0v) is 15.0. The molecule has 0 aromatic carbocycles. The van der Waals surface area contributed by atoms with Crippen molar-refractivity contribution in [3.8, 4) is 0 Å². The Morgan fingerprint density at radius 3 is 2.84 bits per heavy atom. The second-order valence-corrected chi connectivity index (χ2v) is 7.17. The minimum absolute atomic E-state index is 0.0117. The van der Waals surface area contributed by atoms with Crippen molar-refractivity contribution in [2.75, 3.05) is 20.3 Å². The molecule has 0 saturated carbocycles. The lowest BCUT2D eigenvalue weighted by Crippen LogP contribution is -2.51. The van der Waals surface area contributed by atoms with Crippen molar-refractivity contribution < 1.29 is 19.0 Å². The molecular formula is C18H24N2O5. The van der Waals surface area contributed by atoms with E-state index in [0.717, 1.165) is 11.6 Å². The molecule has 7 nitrogen and oxygen atoms in total. The molecule has 136 valence electrons. The van der Waals surface area contributed by atoms with Crippen LogP contribution in [0.3, 0.4) is 0 Å².